The number of piperidine rings is 1. The fraction of sp³-hybridized carbons (Fsp3) is 0.667. The number of aliphatic hydroxyl groups is 1. The van der Waals surface area contributed by atoms with Crippen LogP contribution in [0.15, 0.2) is 29.2 Å². The zero-order valence-electron chi connectivity index (χ0n) is 17.4. The van der Waals surface area contributed by atoms with Crippen molar-refractivity contribution >= 4 is 15.9 Å². The van der Waals surface area contributed by atoms with Crippen molar-refractivity contribution in [2.24, 2.45) is 0 Å². The maximum absolute atomic E-state index is 12.4. The van der Waals surface area contributed by atoms with E-state index in [1.165, 1.54) is 11.0 Å². The van der Waals surface area contributed by atoms with Crippen molar-refractivity contribution in [3.63, 3.8) is 0 Å². The molecule has 0 bridgehead atoms. The summed E-state index contributed by atoms with van der Waals surface area (Å²) in [7, 11) is -3.33. The molecule has 3 aliphatic rings. The zero-order valence-corrected chi connectivity index (χ0v) is 18.2. The molecule has 1 aromatic carbocycles. The number of benzene rings is 1. The van der Waals surface area contributed by atoms with Gasteiger partial charge in [-0.2, -0.15) is 0 Å². The second-order valence-electron chi connectivity index (χ2n) is 8.72. The Morgan fingerprint density at radius 2 is 2.06 bits per heavy atom. The minimum absolute atomic E-state index is 0.0995. The van der Waals surface area contributed by atoms with Crippen LogP contribution in [0.3, 0.4) is 0 Å². The van der Waals surface area contributed by atoms with Gasteiger partial charge in [0.25, 0.3) is 0 Å². The van der Waals surface area contributed by atoms with Gasteiger partial charge in [0.1, 0.15) is 18.5 Å². The van der Waals surface area contributed by atoms with Crippen LogP contribution in [-0.4, -0.2) is 85.5 Å². The van der Waals surface area contributed by atoms with Gasteiger partial charge in [0.05, 0.1) is 34.9 Å². The van der Waals surface area contributed by atoms with E-state index in [1.54, 1.807) is 18.2 Å². The molecule has 31 heavy (non-hydrogen) atoms. The third kappa shape index (κ3) is 5.14. The maximum atomic E-state index is 12.4. The summed E-state index contributed by atoms with van der Waals surface area (Å²) in [5.41, 5.74) is -0.279. The summed E-state index contributed by atoms with van der Waals surface area (Å²) in [4.78, 5) is 13.3. The smallest absolute Gasteiger partial charge is 0.407 e. The Kier molecular flexibility index (Phi) is 6.43. The van der Waals surface area contributed by atoms with Crippen LogP contribution < -0.4 is 10.1 Å². The highest BCUT2D eigenvalue weighted by molar-refractivity contribution is 7.92. The number of rotatable bonds is 8. The first-order valence-electron chi connectivity index (χ1n) is 10.8. The number of sulfone groups is 1. The largest absolute Gasteiger partial charge is 0.491 e. The molecule has 0 radical (unpaired) electrons. The lowest BCUT2D eigenvalue weighted by atomic mass is 9.88. The zero-order chi connectivity index (χ0) is 22.1. The Bertz CT molecular complexity index is 897. The normalized spacial score (nSPS) is 24.1. The minimum atomic E-state index is -3.33. The van der Waals surface area contributed by atoms with E-state index in [9.17, 15) is 23.4 Å². The predicted octanol–water partition coefficient (Wildman–Crippen LogP) is 1.25. The summed E-state index contributed by atoms with van der Waals surface area (Å²) in [6, 6.07) is 5.92. The number of carboxylic acid groups (broad SMARTS) is 1. The van der Waals surface area contributed by atoms with E-state index in [0.717, 1.165) is 25.9 Å². The van der Waals surface area contributed by atoms with Crippen molar-refractivity contribution in [1.29, 1.82) is 0 Å². The summed E-state index contributed by atoms with van der Waals surface area (Å²) in [5, 5.41) is 23.1. The van der Waals surface area contributed by atoms with E-state index in [-0.39, 0.29) is 34.9 Å². The van der Waals surface area contributed by atoms with Crippen LogP contribution in [0, 0.1) is 0 Å². The molecule has 2 atom stereocenters. The van der Waals surface area contributed by atoms with Gasteiger partial charge in [-0.15, -0.1) is 0 Å². The van der Waals surface area contributed by atoms with E-state index in [2.05, 4.69) is 5.32 Å². The van der Waals surface area contributed by atoms with E-state index in [0.29, 0.717) is 31.6 Å². The number of hydrogen-bond acceptors (Lipinski definition) is 7. The second kappa shape index (κ2) is 8.93. The van der Waals surface area contributed by atoms with Crippen molar-refractivity contribution in [3.8, 4) is 5.75 Å². The molecule has 172 valence electrons. The highest BCUT2D eigenvalue weighted by Crippen LogP contribution is 2.36. The Labute approximate surface area is 182 Å². The van der Waals surface area contributed by atoms with Crippen molar-refractivity contribution in [1.82, 2.24) is 10.2 Å². The Morgan fingerprint density at radius 1 is 1.32 bits per heavy atom. The van der Waals surface area contributed by atoms with Gasteiger partial charge in [0.2, 0.25) is 0 Å². The molecule has 2 saturated heterocycles. The lowest BCUT2D eigenvalue weighted by Gasteiger charge is -2.34. The molecule has 1 saturated carbocycles. The summed E-state index contributed by atoms with van der Waals surface area (Å²) in [6.45, 7) is 1.79. The Hall–Kier alpha value is -1.88. The van der Waals surface area contributed by atoms with Crippen molar-refractivity contribution in [3.05, 3.63) is 24.3 Å². The number of ether oxygens (including phenoxy) is 2. The molecule has 10 heteroatoms. The molecule has 3 fully saturated rings. The van der Waals surface area contributed by atoms with Crippen LogP contribution in [0.4, 0.5) is 4.79 Å². The third-order valence-corrected chi connectivity index (χ3v) is 8.60. The maximum Gasteiger partial charge on any atom is 0.407 e. The number of hydrogen-bond donors (Lipinski definition) is 3. The van der Waals surface area contributed by atoms with Gasteiger partial charge in [-0.1, -0.05) is 6.07 Å². The van der Waals surface area contributed by atoms with Crippen LogP contribution in [0.2, 0.25) is 0 Å². The van der Waals surface area contributed by atoms with Gasteiger partial charge in [0.15, 0.2) is 9.84 Å². The van der Waals surface area contributed by atoms with Crippen molar-refractivity contribution < 1.29 is 32.9 Å². The first-order chi connectivity index (χ1) is 14.8. The molecular weight excluding hydrogens is 424 g/mol. The Morgan fingerprint density at radius 3 is 2.74 bits per heavy atom. The summed E-state index contributed by atoms with van der Waals surface area (Å²) >= 11 is 0. The van der Waals surface area contributed by atoms with E-state index < -0.39 is 22.0 Å². The van der Waals surface area contributed by atoms with Gasteiger partial charge in [-0.25, -0.2) is 13.2 Å². The number of amides is 1. The molecule has 1 amide bonds. The second-order valence-corrected chi connectivity index (χ2v) is 10.9. The quantitative estimate of drug-likeness (QED) is 0.536. The van der Waals surface area contributed by atoms with Crippen LogP contribution in [-0.2, 0) is 14.6 Å². The van der Waals surface area contributed by atoms with E-state index in [1.807, 2.05) is 0 Å². The standard InChI is InChI=1S/C21H30N2O7S/c24-16(14-29-17-2-1-3-19(10-17)31(27,28)18-4-5-18)12-23(20(25)26)15-11-21(30-13-15)6-8-22-9-7-21/h1-3,10,15-16,18,22,24H,4-9,11-14H2,(H,25,26). The van der Waals surface area contributed by atoms with Gasteiger partial charge in [-0.3, -0.25) is 0 Å². The molecule has 3 N–H and O–H groups in total. The van der Waals surface area contributed by atoms with E-state index >= 15 is 0 Å². The molecule has 9 nitrogen and oxygen atoms in total. The molecule has 4 rings (SSSR count). The van der Waals surface area contributed by atoms with Crippen molar-refractivity contribution in [2.75, 3.05) is 32.8 Å². The molecule has 1 spiro atoms. The van der Waals surface area contributed by atoms with E-state index in [4.69, 9.17) is 9.47 Å². The van der Waals surface area contributed by atoms with Gasteiger partial charge in [0, 0.05) is 0 Å². The topological polar surface area (TPSA) is 125 Å². The van der Waals surface area contributed by atoms with Crippen LogP contribution in [0.5, 0.6) is 5.75 Å². The minimum Gasteiger partial charge on any atom is -0.491 e. The fourth-order valence-electron chi connectivity index (χ4n) is 4.42. The number of carbonyl (C=O) groups is 1. The highest BCUT2D eigenvalue weighted by Gasteiger charge is 2.44. The first-order valence-corrected chi connectivity index (χ1v) is 12.3. The summed E-state index contributed by atoms with van der Waals surface area (Å²) in [5.74, 6) is 0.334. The number of nitrogens with one attached hydrogen (secondary N) is 1. The SMILES string of the molecule is O=C(O)N(CC(O)COc1cccc(S(=O)(=O)C2CC2)c1)C1COC2(CCNCC2)C1. The molecule has 0 aromatic heterocycles. The van der Waals surface area contributed by atoms with Gasteiger partial charge < -0.3 is 29.9 Å². The average molecular weight is 455 g/mol. The first kappa shape index (κ1) is 22.3. The third-order valence-electron chi connectivity index (χ3n) is 6.34. The van der Waals surface area contributed by atoms with Crippen molar-refractivity contribution in [2.45, 2.75) is 60.0 Å². The lowest BCUT2D eigenvalue weighted by molar-refractivity contribution is -0.0205. The summed E-state index contributed by atoms with van der Waals surface area (Å²) in [6.07, 6.45) is 1.53. The van der Waals surface area contributed by atoms with Gasteiger partial charge in [-0.05, 0) is 63.4 Å². The van der Waals surface area contributed by atoms with Crippen LogP contribution >= 0.6 is 0 Å². The highest BCUT2D eigenvalue weighted by atomic mass is 32.2. The monoisotopic (exact) mass is 454 g/mol. The molecule has 1 aromatic rings. The molecule has 2 aliphatic heterocycles. The molecule has 2 heterocycles. The molecule has 2 unspecified atom stereocenters. The molecule has 1 aliphatic carbocycles. The molecular formula is C21H30N2O7S. The predicted molar refractivity (Wildman–Crippen MR) is 112 cm³/mol. The number of nitrogens with zero attached hydrogens (tertiary/aromatic N) is 1. The summed E-state index contributed by atoms with van der Waals surface area (Å²) < 4.78 is 36.3. The van der Waals surface area contributed by atoms with Crippen LogP contribution in [0.25, 0.3) is 0 Å². The van der Waals surface area contributed by atoms with Gasteiger partial charge >= 0.3 is 6.09 Å². The Balaban J connectivity index is 1.33. The number of aliphatic hydroxyl groups excluding tert-OH is 1. The van der Waals surface area contributed by atoms with Crippen LogP contribution in [0.1, 0.15) is 32.1 Å². The average Bonchev–Trinajstić information content (AvgIpc) is 3.55. The fourth-order valence-corrected chi connectivity index (χ4v) is 6.11. The lowest BCUT2D eigenvalue weighted by Crippen LogP contribution is -2.47.